The molecule has 1 atom stereocenters. The standard InChI is InChI=1S/C18H25ClN2O5S/c1-12(2)20-17(22)11-26-18(23)14-6-7-15(19)16(9-14)27(24,25)21-8-4-5-13(3)10-21/h6-7,9,12-13H,4-5,8,10-11H2,1-3H3,(H,20,22). The van der Waals surface area contributed by atoms with Gasteiger partial charge in [-0.3, -0.25) is 4.79 Å². The number of benzene rings is 1. The number of rotatable bonds is 6. The topological polar surface area (TPSA) is 92.8 Å². The van der Waals surface area contributed by atoms with Crippen molar-refractivity contribution in [2.75, 3.05) is 19.7 Å². The van der Waals surface area contributed by atoms with Gasteiger partial charge in [0, 0.05) is 19.1 Å². The molecule has 0 saturated carbocycles. The molecule has 1 N–H and O–H groups in total. The Balaban J connectivity index is 2.17. The van der Waals surface area contributed by atoms with Gasteiger partial charge < -0.3 is 10.1 Å². The van der Waals surface area contributed by atoms with Crippen LogP contribution in [0.4, 0.5) is 0 Å². The SMILES string of the molecule is CC1CCCN(S(=O)(=O)c2cc(C(=O)OCC(=O)NC(C)C)ccc2Cl)C1. The van der Waals surface area contributed by atoms with Crippen molar-refractivity contribution in [2.45, 2.75) is 44.6 Å². The molecule has 7 nitrogen and oxygen atoms in total. The van der Waals surface area contributed by atoms with Crippen molar-refractivity contribution in [3.8, 4) is 0 Å². The van der Waals surface area contributed by atoms with Crippen LogP contribution >= 0.6 is 11.6 Å². The summed E-state index contributed by atoms with van der Waals surface area (Å²) in [6, 6.07) is 3.87. The minimum atomic E-state index is -3.81. The largest absolute Gasteiger partial charge is 0.452 e. The van der Waals surface area contributed by atoms with E-state index in [-0.39, 0.29) is 27.4 Å². The average molecular weight is 417 g/mol. The highest BCUT2D eigenvalue weighted by atomic mass is 35.5. The third-order valence-electron chi connectivity index (χ3n) is 4.19. The number of esters is 1. The van der Waals surface area contributed by atoms with Crippen LogP contribution in [0, 0.1) is 5.92 Å². The van der Waals surface area contributed by atoms with Gasteiger partial charge in [0.15, 0.2) is 6.61 Å². The van der Waals surface area contributed by atoms with Crippen LogP contribution in [0.1, 0.15) is 44.0 Å². The maximum Gasteiger partial charge on any atom is 0.338 e. The van der Waals surface area contributed by atoms with Crippen molar-refractivity contribution in [2.24, 2.45) is 5.92 Å². The van der Waals surface area contributed by atoms with Gasteiger partial charge in [0.1, 0.15) is 4.90 Å². The lowest BCUT2D eigenvalue weighted by atomic mass is 10.0. The minimum absolute atomic E-state index is 0.0281. The Bertz CT molecular complexity index is 810. The average Bonchev–Trinajstić information content (AvgIpc) is 2.59. The molecule has 1 aromatic carbocycles. The molecule has 0 spiro atoms. The zero-order chi connectivity index (χ0) is 20.2. The van der Waals surface area contributed by atoms with Gasteiger partial charge in [-0.1, -0.05) is 18.5 Å². The summed E-state index contributed by atoms with van der Waals surface area (Å²) in [4.78, 5) is 23.7. The van der Waals surface area contributed by atoms with Crippen LogP contribution in [0.3, 0.4) is 0 Å². The number of carbonyl (C=O) groups excluding carboxylic acids is 2. The number of carbonyl (C=O) groups is 2. The highest BCUT2D eigenvalue weighted by Crippen LogP contribution is 2.29. The van der Waals surface area contributed by atoms with Gasteiger partial charge in [0.2, 0.25) is 10.0 Å². The second kappa shape index (κ2) is 9.03. The summed E-state index contributed by atoms with van der Waals surface area (Å²) < 4.78 is 32.2. The molecule has 1 heterocycles. The maximum atomic E-state index is 12.9. The number of amides is 1. The number of sulfonamides is 1. The molecule has 1 aromatic rings. The first-order valence-electron chi connectivity index (χ1n) is 8.87. The summed E-state index contributed by atoms with van der Waals surface area (Å²) in [5.74, 6) is -0.948. The predicted molar refractivity (Wildman–Crippen MR) is 102 cm³/mol. The molecule has 1 saturated heterocycles. The number of halogens is 1. The monoisotopic (exact) mass is 416 g/mol. The number of hydrogen-bond donors (Lipinski definition) is 1. The van der Waals surface area contributed by atoms with E-state index >= 15 is 0 Å². The Morgan fingerprint density at radius 3 is 2.70 bits per heavy atom. The Labute approximate surface area is 165 Å². The number of nitrogens with zero attached hydrogens (tertiary/aromatic N) is 1. The second-order valence-corrected chi connectivity index (χ2v) is 9.37. The normalized spacial score (nSPS) is 18.3. The van der Waals surface area contributed by atoms with Gasteiger partial charge in [-0.05, 0) is 50.8 Å². The Hall–Kier alpha value is -1.64. The molecular formula is C18H25ClN2O5S. The van der Waals surface area contributed by atoms with Crippen LogP contribution in [0.25, 0.3) is 0 Å². The van der Waals surface area contributed by atoms with Crippen molar-refractivity contribution in [3.63, 3.8) is 0 Å². The Kier molecular flexibility index (Phi) is 7.25. The maximum absolute atomic E-state index is 12.9. The fourth-order valence-electron chi connectivity index (χ4n) is 2.91. The van der Waals surface area contributed by atoms with Crippen LogP contribution in [-0.4, -0.2) is 50.3 Å². The first-order chi connectivity index (χ1) is 12.6. The van der Waals surface area contributed by atoms with Gasteiger partial charge >= 0.3 is 5.97 Å². The fourth-order valence-corrected chi connectivity index (χ4v) is 5.01. The highest BCUT2D eigenvalue weighted by Gasteiger charge is 2.31. The van der Waals surface area contributed by atoms with Crippen molar-refractivity contribution in [1.29, 1.82) is 0 Å². The van der Waals surface area contributed by atoms with Gasteiger partial charge in [-0.25, -0.2) is 13.2 Å². The fraction of sp³-hybridized carbons (Fsp3) is 0.556. The summed E-state index contributed by atoms with van der Waals surface area (Å²) in [6.07, 6.45) is 1.76. The Morgan fingerprint density at radius 2 is 2.07 bits per heavy atom. The van der Waals surface area contributed by atoms with E-state index in [4.69, 9.17) is 16.3 Å². The molecule has 1 aliphatic heterocycles. The molecule has 0 aliphatic carbocycles. The predicted octanol–water partition coefficient (Wildman–Crippen LogP) is 2.44. The van der Waals surface area contributed by atoms with Gasteiger partial charge in [-0.2, -0.15) is 4.31 Å². The van der Waals surface area contributed by atoms with Gasteiger partial charge in [0.05, 0.1) is 10.6 Å². The molecule has 9 heteroatoms. The van der Waals surface area contributed by atoms with Crippen LogP contribution in [0.2, 0.25) is 5.02 Å². The first-order valence-corrected chi connectivity index (χ1v) is 10.7. The van der Waals surface area contributed by atoms with Crippen LogP contribution < -0.4 is 5.32 Å². The summed E-state index contributed by atoms with van der Waals surface area (Å²) in [5.41, 5.74) is 0.0281. The molecule has 1 unspecified atom stereocenters. The highest BCUT2D eigenvalue weighted by molar-refractivity contribution is 7.89. The third kappa shape index (κ3) is 5.67. The third-order valence-corrected chi connectivity index (χ3v) is 6.54. The molecule has 1 aliphatic rings. The number of hydrogen-bond acceptors (Lipinski definition) is 5. The molecule has 0 radical (unpaired) electrons. The number of nitrogens with one attached hydrogen (secondary N) is 1. The lowest BCUT2D eigenvalue weighted by Gasteiger charge is -2.30. The molecular weight excluding hydrogens is 392 g/mol. The molecule has 1 fully saturated rings. The summed E-state index contributed by atoms with van der Waals surface area (Å²) in [6.45, 7) is 5.98. The van der Waals surface area contributed by atoms with Crippen molar-refractivity contribution >= 4 is 33.5 Å². The lowest BCUT2D eigenvalue weighted by molar-refractivity contribution is -0.124. The molecule has 150 valence electrons. The molecule has 0 aromatic heterocycles. The smallest absolute Gasteiger partial charge is 0.338 e. The molecule has 2 rings (SSSR count). The number of ether oxygens (including phenoxy) is 1. The van der Waals surface area contributed by atoms with E-state index in [0.29, 0.717) is 13.1 Å². The van der Waals surface area contributed by atoms with Crippen molar-refractivity contribution in [3.05, 3.63) is 28.8 Å². The summed E-state index contributed by atoms with van der Waals surface area (Å²) in [7, 11) is -3.81. The van der Waals surface area contributed by atoms with Crippen molar-refractivity contribution < 1.29 is 22.7 Å². The molecule has 27 heavy (non-hydrogen) atoms. The van der Waals surface area contributed by atoms with Crippen LogP contribution in [0.15, 0.2) is 23.1 Å². The van der Waals surface area contributed by atoms with E-state index in [9.17, 15) is 18.0 Å². The van der Waals surface area contributed by atoms with Crippen molar-refractivity contribution in [1.82, 2.24) is 9.62 Å². The molecule has 1 amide bonds. The zero-order valence-electron chi connectivity index (χ0n) is 15.7. The first kappa shape index (κ1) is 21.7. The lowest BCUT2D eigenvalue weighted by Crippen LogP contribution is -2.39. The Morgan fingerprint density at radius 1 is 1.37 bits per heavy atom. The van der Waals surface area contributed by atoms with E-state index in [1.807, 2.05) is 6.92 Å². The minimum Gasteiger partial charge on any atom is -0.452 e. The van der Waals surface area contributed by atoms with Gasteiger partial charge in [-0.15, -0.1) is 0 Å². The van der Waals surface area contributed by atoms with Crippen LogP contribution in [0.5, 0.6) is 0 Å². The van der Waals surface area contributed by atoms with E-state index in [0.717, 1.165) is 12.8 Å². The quantitative estimate of drug-likeness (QED) is 0.719. The number of piperidine rings is 1. The van der Waals surface area contributed by atoms with Gasteiger partial charge in [0.25, 0.3) is 5.91 Å². The summed E-state index contributed by atoms with van der Waals surface area (Å²) >= 11 is 6.10. The van der Waals surface area contributed by atoms with E-state index in [1.165, 1.54) is 22.5 Å². The van der Waals surface area contributed by atoms with Crippen LogP contribution in [-0.2, 0) is 19.6 Å². The van der Waals surface area contributed by atoms with E-state index in [2.05, 4.69) is 5.32 Å². The zero-order valence-corrected chi connectivity index (χ0v) is 17.3. The van der Waals surface area contributed by atoms with E-state index in [1.54, 1.807) is 13.8 Å². The second-order valence-electron chi connectivity index (χ2n) is 7.05. The van der Waals surface area contributed by atoms with E-state index < -0.39 is 28.5 Å². The molecule has 0 bridgehead atoms. The summed E-state index contributed by atoms with van der Waals surface area (Å²) in [5, 5.41) is 2.65.